The van der Waals surface area contributed by atoms with Gasteiger partial charge in [-0.3, -0.25) is 4.90 Å². The molecule has 1 heterocycles. The second-order valence-corrected chi connectivity index (χ2v) is 5.92. The number of likely N-dealkylation sites (tertiary alicyclic amines) is 1. The Bertz CT molecular complexity index is 509. The molecule has 0 aromatic heterocycles. The highest BCUT2D eigenvalue weighted by atomic mass is 16.5. The second-order valence-electron chi connectivity index (χ2n) is 5.92. The number of aliphatic carboxylic acids is 1. The van der Waals surface area contributed by atoms with E-state index in [1.54, 1.807) is 7.11 Å². The zero-order valence-corrected chi connectivity index (χ0v) is 13.5. The molecule has 5 heteroatoms. The average molecular weight is 307 g/mol. The van der Waals surface area contributed by atoms with E-state index in [4.69, 9.17) is 14.6 Å². The third-order valence-electron chi connectivity index (χ3n) is 4.39. The van der Waals surface area contributed by atoms with Gasteiger partial charge in [0.05, 0.1) is 7.11 Å². The van der Waals surface area contributed by atoms with Gasteiger partial charge < -0.3 is 14.6 Å². The van der Waals surface area contributed by atoms with Crippen LogP contribution in [0.4, 0.5) is 0 Å². The van der Waals surface area contributed by atoms with Crippen molar-refractivity contribution in [3.63, 3.8) is 0 Å². The molecule has 122 valence electrons. The maximum atomic E-state index is 11.2. The fourth-order valence-electron chi connectivity index (χ4n) is 3.13. The summed E-state index contributed by atoms with van der Waals surface area (Å²) in [5.41, 5.74) is 2.36. The van der Waals surface area contributed by atoms with E-state index in [-0.39, 0.29) is 5.92 Å². The third-order valence-corrected chi connectivity index (χ3v) is 4.39. The van der Waals surface area contributed by atoms with Crippen LogP contribution in [-0.4, -0.2) is 49.4 Å². The standard InChI is InChI=1S/C17H25NO4/c1-12-4-5-14(15(10-12)21-2)11-18-8-6-13(7-9-18)16(22-3)17(19)20/h4-5,10,13,16H,6-9,11H2,1-3H3,(H,19,20). The van der Waals surface area contributed by atoms with Gasteiger partial charge in [0, 0.05) is 19.2 Å². The Morgan fingerprint density at radius 3 is 2.59 bits per heavy atom. The van der Waals surface area contributed by atoms with Crippen LogP contribution in [0.3, 0.4) is 0 Å². The first-order valence-corrected chi connectivity index (χ1v) is 7.66. The molecule has 1 atom stereocenters. The normalized spacial score (nSPS) is 18.1. The van der Waals surface area contributed by atoms with Crippen LogP contribution in [0.15, 0.2) is 18.2 Å². The molecule has 5 nitrogen and oxygen atoms in total. The Hall–Kier alpha value is -1.59. The first kappa shape index (κ1) is 16.8. The van der Waals surface area contributed by atoms with Crippen molar-refractivity contribution in [2.24, 2.45) is 5.92 Å². The van der Waals surface area contributed by atoms with Crippen LogP contribution in [0.1, 0.15) is 24.0 Å². The third kappa shape index (κ3) is 3.99. The van der Waals surface area contributed by atoms with Crippen molar-refractivity contribution < 1.29 is 19.4 Å². The van der Waals surface area contributed by atoms with E-state index in [1.165, 1.54) is 18.2 Å². The minimum atomic E-state index is -0.860. The van der Waals surface area contributed by atoms with Crippen LogP contribution in [0, 0.1) is 12.8 Å². The van der Waals surface area contributed by atoms with Crippen molar-refractivity contribution in [2.45, 2.75) is 32.4 Å². The molecule has 0 radical (unpaired) electrons. The summed E-state index contributed by atoms with van der Waals surface area (Å²) in [6.07, 6.45) is 1.01. The van der Waals surface area contributed by atoms with E-state index >= 15 is 0 Å². The number of nitrogens with zero attached hydrogens (tertiary/aromatic N) is 1. The molecule has 22 heavy (non-hydrogen) atoms. The fourth-order valence-corrected chi connectivity index (χ4v) is 3.13. The first-order chi connectivity index (χ1) is 10.5. The van der Waals surface area contributed by atoms with Gasteiger partial charge in [-0.1, -0.05) is 12.1 Å². The van der Waals surface area contributed by atoms with Gasteiger partial charge in [0.25, 0.3) is 0 Å². The number of rotatable bonds is 6. The molecule has 0 bridgehead atoms. The Morgan fingerprint density at radius 1 is 1.36 bits per heavy atom. The molecular weight excluding hydrogens is 282 g/mol. The number of ether oxygens (including phenoxy) is 2. The molecule has 1 aromatic rings. The second kappa shape index (κ2) is 7.61. The number of benzene rings is 1. The fraction of sp³-hybridized carbons (Fsp3) is 0.588. The van der Waals surface area contributed by atoms with Gasteiger partial charge in [-0.05, 0) is 50.4 Å². The van der Waals surface area contributed by atoms with E-state index in [2.05, 4.69) is 24.0 Å². The molecule has 1 fully saturated rings. The zero-order valence-electron chi connectivity index (χ0n) is 13.5. The minimum Gasteiger partial charge on any atom is -0.496 e. The minimum absolute atomic E-state index is 0.0960. The lowest BCUT2D eigenvalue weighted by atomic mass is 9.91. The molecule has 0 amide bonds. The number of hydrogen-bond donors (Lipinski definition) is 1. The number of carbonyl (C=O) groups is 1. The van der Waals surface area contributed by atoms with Gasteiger partial charge in [-0.2, -0.15) is 0 Å². The predicted molar refractivity (Wildman–Crippen MR) is 84.2 cm³/mol. The largest absolute Gasteiger partial charge is 0.496 e. The Morgan fingerprint density at radius 2 is 2.05 bits per heavy atom. The number of methoxy groups -OCH3 is 2. The van der Waals surface area contributed by atoms with Crippen molar-refractivity contribution in [3.8, 4) is 5.75 Å². The van der Waals surface area contributed by atoms with Crippen LogP contribution in [0.5, 0.6) is 5.75 Å². The van der Waals surface area contributed by atoms with Crippen molar-refractivity contribution >= 4 is 5.97 Å². The Balaban J connectivity index is 1.94. The Labute approximate surface area is 131 Å². The van der Waals surface area contributed by atoms with Crippen LogP contribution in [-0.2, 0) is 16.1 Å². The van der Waals surface area contributed by atoms with Gasteiger partial charge >= 0.3 is 5.97 Å². The zero-order chi connectivity index (χ0) is 16.1. The lowest BCUT2D eigenvalue weighted by Crippen LogP contribution is -2.41. The number of piperidine rings is 1. The highest BCUT2D eigenvalue weighted by molar-refractivity contribution is 5.72. The molecule has 0 spiro atoms. The summed E-state index contributed by atoms with van der Waals surface area (Å²) in [6.45, 7) is 4.65. The number of carboxylic acid groups (broad SMARTS) is 1. The highest BCUT2D eigenvalue weighted by Gasteiger charge is 2.31. The smallest absolute Gasteiger partial charge is 0.333 e. The maximum absolute atomic E-state index is 11.2. The predicted octanol–water partition coefficient (Wildman–Crippen LogP) is 2.32. The van der Waals surface area contributed by atoms with E-state index in [9.17, 15) is 4.79 Å². The molecule has 1 aliphatic heterocycles. The molecular formula is C17H25NO4. The van der Waals surface area contributed by atoms with Crippen molar-refractivity contribution in [1.82, 2.24) is 4.90 Å². The van der Waals surface area contributed by atoms with Gasteiger partial charge in [-0.15, -0.1) is 0 Å². The van der Waals surface area contributed by atoms with E-state index < -0.39 is 12.1 Å². The quantitative estimate of drug-likeness (QED) is 0.874. The summed E-state index contributed by atoms with van der Waals surface area (Å²) >= 11 is 0. The SMILES string of the molecule is COc1cc(C)ccc1CN1CCC(C(OC)C(=O)O)CC1. The summed E-state index contributed by atoms with van der Waals surface area (Å²) in [6, 6.07) is 6.25. The van der Waals surface area contributed by atoms with E-state index in [0.717, 1.165) is 38.2 Å². The Kier molecular flexibility index (Phi) is 5.80. The monoisotopic (exact) mass is 307 g/mol. The highest BCUT2D eigenvalue weighted by Crippen LogP contribution is 2.26. The summed E-state index contributed by atoms with van der Waals surface area (Å²) in [4.78, 5) is 13.5. The molecule has 0 saturated carbocycles. The van der Waals surface area contributed by atoms with Crippen molar-refractivity contribution in [1.29, 1.82) is 0 Å². The summed E-state index contributed by atoms with van der Waals surface area (Å²) in [5.74, 6) is 0.155. The van der Waals surface area contributed by atoms with Gasteiger partial charge in [0.1, 0.15) is 5.75 Å². The van der Waals surface area contributed by atoms with Crippen LogP contribution >= 0.6 is 0 Å². The molecule has 0 aliphatic carbocycles. The summed E-state index contributed by atoms with van der Waals surface area (Å²) < 4.78 is 10.6. The van der Waals surface area contributed by atoms with Gasteiger partial charge in [0.2, 0.25) is 0 Å². The lowest BCUT2D eigenvalue weighted by molar-refractivity contribution is -0.153. The van der Waals surface area contributed by atoms with Crippen LogP contribution < -0.4 is 4.74 Å². The molecule has 1 saturated heterocycles. The molecule has 1 aliphatic rings. The summed E-state index contributed by atoms with van der Waals surface area (Å²) in [5, 5.41) is 9.17. The molecule has 1 unspecified atom stereocenters. The molecule has 1 aromatic carbocycles. The number of carboxylic acids is 1. The first-order valence-electron chi connectivity index (χ1n) is 7.66. The van der Waals surface area contributed by atoms with Gasteiger partial charge in [0.15, 0.2) is 6.10 Å². The van der Waals surface area contributed by atoms with Crippen molar-refractivity contribution in [2.75, 3.05) is 27.3 Å². The molecule has 1 N–H and O–H groups in total. The number of hydrogen-bond acceptors (Lipinski definition) is 4. The average Bonchev–Trinajstić information content (AvgIpc) is 2.51. The topological polar surface area (TPSA) is 59.0 Å². The van der Waals surface area contributed by atoms with Gasteiger partial charge in [-0.25, -0.2) is 4.79 Å². The van der Waals surface area contributed by atoms with Crippen LogP contribution in [0.25, 0.3) is 0 Å². The summed E-state index contributed by atoms with van der Waals surface area (Å²) in [7, 11) is 3.17. The molecule has 2 rings (SSSR count). The van der Waals surface area contributed by atoms with Crippen LogP contribution in [0.2, 0.25) is 0 Å². The number of aryl methyl sites for hydroxylation is 1. The maximum Gasteiger partial charge on any atom is 0.333 e. The van der Waals surface area contributed by atoms with E-state index in [1.807, 2.05) is 6.07 Å². The van der Waals surface area contributed by atoms with Crippen molar-refractivity contribution in [3.05, 3.63) is 29.3 Å². The van der Waals surface area contributed by atoms with E-state index in [0.29, 0.717) is 0 Å². The lowest BCUT2D eigenvalue weighted by Gasteiger charge is -2.34.